The highest BCUT2D eigenvalue weighted by molar-refractivity contribution is 7.09. The Morgan fingerprint density at radius 3 is 2.83 bits per heavy atom. The van der Waals surface area contributed by atoms with E-state index in [1.165, 1.54) is 11.3 Å². The van der Waals surface area contributed by atoms with Gasteiger partial charge in [0.1, 0.15) is 11.1 Å². The van der Waals surface area contributed by atoms with Crippen molar-refractivity contribution in [1.82, 2.24) is 4.98 Å². The summed E-state index contributed by atoms with van der Waals surface area (Å²) in [6.07, 6.45) is -0.288. The first kappa shape index (κ1) is 15.1. The highest BCUT2D eigenvalue weighted by atomic mass is 32.1. The van der Waals surface area contributed by atoms with Gasteiger partial charge in [-0.25, -0.2) is 9.78 Å². The second-order valence-corrected chi connectivity index (χ2v) is 5.34. The molecular formula is C12H20N2O3S. The molecule has 0 saturated carbocycles. The predicted octanol–water partition coefficient (Wildman–Crippen LogP) is 1.73. The van der Waals surface area contributed by atoms with Gasteiger partial charge in [0.05, 0.1) is 6.61 Å². The highest BCUT2D eigenvalue weighted by Crippen LogP contribution is 2.23. The number of rotatable bonds is 6. The molecule has 0 fully saturated rings. The van der Waals surface area contributed by atoms with Crippen molar-refractivity contribution in [1.29, 1.82) is 0 Å². The van der Waals surface area contributed by atoms with Gasteiger partial charge in [-0.15, -0.1) is 11.3 Å². The van der Waals surface area contributed by atoms with Gasteiger partial charge < -0.3 is 15.6 Å². The van der Waals surface area contributed by atoms with Crippen LogP contribution >= 0.6 is 11.3 Å². The number of hydrogen-bond acceptors (Lipinski definition) is 6. The number of aliphatic hydroxyl groups excluding tert-OH is 1. The number of nitrogens with zero attached hydrogens (tertiary/aromatic N) is 1. The van der Waals surface area contributed by atoms with Crippen LogP contribution in [0.15, 0.2) is 5.38 Å². The lowest BCUT2D eigenvalue weighted by atomic mass is 9.99. The first-order valence-electron chi connectivity index (χ1n) is 6.01. The molecule has 0 bridgehead atoms. The van der Waals surface area contributed by atoms with E-state index >= 15 is 0 Å². The number of ether oxygens (including phenoxy) is 1. The number of nitrogens with two attached hydrogens (primary N) is 1. The Balaban J connectivity index is 2.64. The first-order chi connectivity index (χ1) is 8.45. The minimum atomic E-state index is -0.726. The second kappa shape index (κ2) is 6.82. The van der Waals surface area contributed by atoms with Gasteiger partial charge in [0.15, 0.2) is 5.69 Å². The topological polar surface area (TPSA) is 85.4 Å². The SMILES string of the molecule is CCOC(=O)c1csc(C(O)CC(N)C(C)C)n1. The summed E-state index contributed by atoms with van der Waals surface area (Å²) in [4.78, 5) is 15.5. The fraction of sp³-hybridized carbons (Fsp3) is 0.667. The number of carbonyl (C=O) groups excluding carboxylic acids is 1. The summed E-state index contributed by atoms with van der Waals surface area (Å²) in [6.45, 7) is 6.06. The van der Waals surface area contributed by atoms with Crippen molar-refractivity contribution in [3.8, 4) is 0 Å². The van der Waals surface area contributed by atoms with Crippen molar-refractivity contribution in [3.63, 3.8) is 0 Å². The maximum Gasteiger partial charge on any atom is 0.357 e. The van der Waals surface area contributed by atoms with E-state index in [2.05, 4.69) is 4.98 Å². The van der Waals surface area contributed by atoms with Gasteiger partial charge in [-0.1, -0.05) is 13.8 Å². The van der Waals surface area contributed by atoms with Crippen LogP contribution in [0.25, 0.3) is 0 Å². The standard InChI is InChI=1S/C12H20N2O3S/c1-4-17-12(16)9-6-18-11(14-9)10(15)5-8(13)7(2)3/h6-8,10,15H,4-5,13H2,1-3H3. The molecule has 1 aromatic heterocycles. The number of carbonyl (C=O) groups is 1. The molecule has 0 amide bonds. The molecule has 1 rings (SSSR count). The summed E-state index contributed by atoms with van der Waals surface area (Å²) in [5.74, 6) is -0.163. The van der Waals surface area contributed by atoms with E-state index < -0.39 is 12.1 Å². The van der Waals surface area contributed by atoms with Gasteiger partial charge in [-0.05, 0) is 19.3 Å². The van der Waals surface area contributed by atoms with Crippen molar-refractivity contribution < 1.29 is 14.6 Å². The molecule has 6 heteroatoms. The van der Waals surface area contributed by atoms with Crippen LogP contribution in [-0.2, 0) is 4.74 Å². The summed E-state index contributed by atoms with van der Waals surface area (Å²) in [7, 11) is 0. The van der Waals surface area contributed by atoms with Crippen molar-refractivity contribution in [2.45, 2.75) is 39.3 Å². The van der Waals surface area contributed by atoms with Gasteiger partial charge in [-0.2, -0.15) is 0 Å². The molecule has 0 spiro atoms. The van der Waals surface area contributed by atoms with Crippen LogP contribution in [0.3, 0.4) is 0 Å². The lowest BCUT2D eigenvalue weighted by Gasteiger charge is -2.17. The third-order valence-corrected chi connectivity index (χ3v) is 3.59. The van der Waals surface area contributed by atoms with Gasteiger partial charge >= 0.3 is 5.97 Å². The number of aromatic nitrogens is 1. The lowest BCUT2D eigenvalue weighted by Crippen LogP contribution is -2.28. The molecule has 0 radical (unpaired) electrons. The average molecular weight is 272 g/mol. The zero-order valence-corrected chi connectivity index (χ0v) is 11.7. The molecule has 1 heterocycles. The highest BCUT2D eigenvalue weighted by Gasteiger charge is 2.20. The van der Waals surface area contributed by atoms with E-state index in [0.717, 1.165) is 0 Å². The fourth-order valence-corrected chi connectivity index (χ4v) is 2.16. The molecule has 2 atom stereocenters. The van der Waals surface area contributed by atoms with E-state index in [1.807, 2.05) is 13.8 Å². The molecule has 0 aliphatic heterocycles. The largest absolute Gasteiger partial charge is 0.461 e. The van der Waals surface area contributed by atoms with Crippen molar-refractivity contribution in [2.24, 2.45) is 11.7 Å². The molecule has 102 valence electrons. The van der Waals surface area contributed by atoms with Crippen LogP contribution < -0.4 is 5.73 Å². The molecule has 18 heavy (non-hydrogen) atoms. The minimum absolute atomic E-state index is 0.0880. The average Bonchev–Trinajstić information content (AvgIpc) is 2.78. The Morgan fingerprint density at radius 2 is 2.28 bits per heavy atom. The number of thiazole rings is 1. The van der Waals surface area contributed by atoms with E-state index in [1.54, 1.807) is 12.3 Å². The molecule has 0 aromatic carbocycles. The van der Waals surface area contributed by atoms with E-state index in [4.69, 9.17) is 10.5 Å². The monoisotopic (exact) mass is 272 g/mol. The predicted molar refractivity (Wildman–Crippen MR) is 70.5 cm³/mol. The van der Waals surface area contributed by atoms with Crippen LogP contribution in [0.5, 0.6) is 0 Å². The van der Waals surface area contributed by atoms with Crippen LogP contribution in [0.1, 0.15) is 48.8 Å². The second-order valence-electron chi connectivity index (χ2n) is 4.45. The van der Waals surface area contributed by atoms with E-state index in [0.29, 0.717) is 24.0 Å². The summed E-state index contributed by atoms with van der Waals surface area (Å²) in [5.41, 5.74) is 6.14. The van der Waals surface area contributed by atoms with Crippen molar-refractivity contribution in [2.75, 3.05) is 6.61 Å². The van der Waals surface area contributed by atoms with Crippen molar-refractivity contribution in [3.05, 3.63) is 16.1 Å². The zero-order valence-electron chi connectivity index (χ0n) is 10.9. The Bertz CT molecular complexity index is 392. The Kier molecular flexibility index (Phi) is 5.71. The third-order valence-electron chi connectivity index (χ3n) is 2.64. The maximum absolute atomic E-state index is 11.4. The Morgan fingerprint density at radius 1 is 1.61 bits per heavy atom. The molecule has 0 saturated heterocycles. The molecule has 2 unspecified atom stereocenters. The smallest absolute Gasteiger partial charge is 0.357 e. The molecule has 0 aliphatic rings. The zero-order chi connectivity index (χ0) is 13.7. The summed E-state index contributed by atoms with van der Waals surface area (Å²) in [6, 6.07) is -0.0880. The van der Waals surface area contributed by atoms with Crippen LogP contribution in [0, 0.1) is 5.92 Å². The maximum atomic E-state index is 11.4. The first-order valence-corrected chi connectivity index (χ1v) is 6.89. The molecule has 1 aromatic rings. The lowest BCUT2D eigenvalue weighted by molar-refractivity contribution is 0.0519. The molecular weight excluding hydrogens is 252 g/mol. The number of aliphatic hydroxyl groups is 1. The normalized spacial score (nSPS) is 14.6. The minimum Gasteiger partial charge on any atom is -0.461 e. The van der Waals surface area contributed by atoms with Crippen molar-refractivity contribution >= 4 is 17.3 Å². The van der Waals surface area contributed by atoms with E-state index in [-0.39, 0.29) is 11.7 Å². The summed E-state index contributed by atoms with van der Waals surface area (Å²) < 4.78 is 4.84. The molecule has 3 N–H and O–H groups in total. The van der Waals surface area contributed by atoms with Gasteiger partial charge in [0.25, 0.3) is 0 Å². The van der Waals surface area contributed by atoms with Crippen LogP contribution in [0.2, 0.25) is 0 Å². The molecule has 0 aliphatic carbocycles. The number of hydrogen-bond donors (Lipinski definition) is 2. The Hall–Kier alpha value is -0.980. The molecule has 5 nitrogen and oxygen atoms in total. The Labute approximate surface area is 111 Å². The van der Waals surface area contributed by atoms with Gasteiger partial charge in [0.2, 0.25) is 0 Å². The van der Waals surface area contributed by atoms with Crippen LogP contribution in [0.4, 0.5) is 0 Å². The van der Waals surface area contributed by atoms with Gasteiger partial charge in [-0.3, -0.25) is 0 Å². The third kappa shape index (κ3) is 4.04. The van der Waals surface area contributed by atoms with E-state index in [9.17, 15) is 9.90 Å². The fourth-order valence-electron chi connectivity index (χ4n) is 1.37. The van der Waals surface area contributed by atoms with Crippen LogP contribution in [-0.4, -0.2) is 28.7 Å². The quantitative estimate of drug-likeness (QED) is 0.770. The number of esters is 1. The summed E-state index contributed by atoms with van der Waals surface area (Å²) in [5, 5.41) is 12.1. The van der Waals surface area contributed by atoms with Gasteiger partial charge in [0, 0.05) is 11.4 Å². The summed E-state index contributed by atoms with van der Waals surface area (Å²) >= 11 is 1.25.